The zero-order valence-electron chi connectivity index (χ0n) is 10.3. The van der Waals surface area contributed by atoms with Crippen molar-refractivity contribution < 1.29 is 4.79 Å². The SMILES string of the molecule is CCc1nc(NC(=O)CC(C)(C)N)sc1C. The Morgan fingerprint density at radius 3 is 2.62 bits per heavy atom. The van der Waals surface area contributed by atoms with Crippen LogP contribution >= 0.6 is 11.3 Å². The first-order valence-electron chi connectivity index (χ1n) is 5.37. The molecule has 1 rings (SSSR count). The van der Waals surface area contributed by atoms with Crippen LogP contribution in [-0.2, 0) is 11.2 Å². The van der Waals surface area contributed by atoms with Crippen LogP contribution in [0.3, 0.4) is 0 Å². The third-order valence-corrected chi connectivity index (χ3v) is 3.02. The van der Waals surface area contributed by atoms with Gasteiger partial charge < -0.3 is 11.1 Å². The Labute approximate surface area is 100 Å². The van der Waals surface area contributed by atoms with Crippen molar-refractivity contribution in [1.29, 1.82) is 0 Å². The summed E-state index contributed by atoms with van der Waals surface area (Å²) in [5.74, 6) is -0.0797. The molecule has 1 heterocycles. The Bertz CT molecular complexity index is 379. The number of nitrogens with one attached hydrogen (secondary N) is 1. The zero-order valence-corrected chi connectivity index (χ0v) is 11.1. The van der Waals surface area contributed by atoms with E-state index in [2.05, 4.69) is 17.2 Å². The molecule has 0 saturated carbocycles. The highest BCUT2D eigenvalue weighted by molar-refractivity contribution is 7.15. The number of hydrogen-bond donors (Lipinski definition) is 2. The fraction of sp³-hybridized carbons (Fsp3) is 0.636. The van der Waals surface area contributed by atoms with Crippen molar-refractivity contribution in [3.63, 3.8) is 0 Å². The highest BCUT2D eigenvalue weighted by atomic mass is 32.1. The lowest BCUT2D eigenvalue weighted by molar-refractivity contribution is -0.117. The van der Waals surface area contributed by atoms with Gasteiger partial charge in [-0.1, -0.05) is 6.92 Å². The molecule has 16 heavy (non-hydrogen) atoms. The Kier molecular flexibility index (Phi) is 4.04. The first kappa shape index (κ1) is 13.1. The summed E-state index contributed by atoms with van der Waals surface area (Å²) >= 11 is 1.51. The van der Waals surface area contributed by atoms with Crippen LogP contribution < -0.4 is 11.1 Å². The van der Waals surface area contributed by atoms with Crippen LogP contribution in [0, 0.1) is 6.92 Å². The topological polar surface area (TPSA) is 68.0 Å². The van der Waals surface area contributed by atoms with Gasteiger partial charge in [-0.2, -0.15) is 0 Å². The molecule has 5 heteroatoms. The van der Waals surface area contributed by atoms with Gasteiger partial charge in [0.15, 0.2) is 5.13 Å². The summed E-state index contributed by atoms with van der Waals surface area (Å²) in [7, 11) is 0. The van der Waals surface area contributed by atoms with Crippen LogP contribution in [0.25, 0.3) is 0 Å². The van der Waals surface area contributed by atoms with Gasteiger partial charge in [-0.15, -0.1) is 11.3 Å². The molecule has 0 aromatic carbocycles. The first-order chi connectivity index (χ1) is 7.31. The summed E-state index contributed by atoms with van der Waals surface area (Å²) in [6.07, 6.45) is 1.19. The second-order valence-corrected chi connectivity index (χ2v) is 5.79. The quantitative estimate of drug-likeness (QED) is 0.848. The third kappa shape index (κ3) is 3.90. The van der Waals surface area contributed by atoms with E-state index in [0.717, 1.165) is 17.0 Å². The number of rotatable bonds is 4. The number of carbonyl (C=O) groups is 1. The predicted octanol–water partition coefficient (Wildman–Crippen LogP) is 2.08. The molecule has 0 atom stereocenters. The maximum atomic E-state index is 11.6. The fourth-order valence-electron chi connectivity index (χ4n) is 1.39. The van der Waals surface area contributed by atoms with Crippen LogP contribution in [0.5, 0.6) is 0 Å². The van der Waals surface area contributed by atoms with Crippen LogP contribution in [0.15, 0.2) is 0 Å². The van der Waals surface area contributed by atoms with Crippen molar-refractivity contribution in [1.82, 2.24) is 4.98 Å². The Balaban J connectivity index is 2.63. The van der Waals surface area contributed by atoms with Gasteiger partial charge in [-0.3, -0.25) is 4.79 Å². The van der Waals surface area contributed by atoms with E-state index in [1.54, 1.807) is 0 Å². The van der Waals surface area contributed by atoms with E-state index < -0.39 is 5.54 Å². The number of thiazole rings is 1. The van der Waals surface area contributed by atoms with Crippen molar-refractivity contribution in [3.05, 3.63) is 10.6 Å². The lowest BCUT2D eigenvalue weighted by atomic mass is 10.0. The number of nitrogens with two attached hydrogens (primary N) is 1. The molecule has 0 spiro atoms. The van der Waals surface area contributed by atoms with Crippen LogP contribution in [0.4, 0.5) is 5.13 Å². The van der Waals surface area contributed by atoms with Gasteiger partial charge in [0.05, 0.1) is 5.69 Å². The van der Waals surface area contributed by atoms with E-state index in [4.69, 9.17) is 5.73 Å². The fourth-order valence-corrected chi connectivity index (χ4v) is 2.31. The van der Waals surface area contributed by atoms with Gasteiger partial charge in [0.25, 0.3) is 0 Å². The van der Waals surface area contributed by atoms with Gasteiger partial charge >= 0.3 is 0 Å². The summed E-state index contributed by atoms with van der Waals surface area (Å²) in [6, 6.07) is 0. The molecule has 0 saturated heterocycles. The van der Waals surface area contributed by atoms with Gasteiger partial charge in [-0.05, 0) is 27.2 Å². The average Bonchev–Trinajstić information content (AvgIpc) is 2.42. The molecular formula is C11H19N3OS. The molecule has 0 aliphatic carbocycles. The molecule has 1 aromatic heterocycles. The van der Waals surface area contributed by atoms with E-state index in [9.17, 15) is 4.79 Å². The maximum Gasteiger partial charge on any atom is 0.227 e. The summed E-state index contributed by atoms with van der Waals surface area (Å²) in [4.78, 5) is 17.1. The lowest BCUT2D eigenvalue weighted by Gasteiger charge is -2.16. The zero-order chi connectivity index (χ0) is 12.3. The average molecular weight is 241 g/mol. The second-order valence-electron chi connectivity index (χ2n) is 4.59. The van der Waals surface area contributed by atoms with Crippen LogP contribution in [-0.4, -0.2) is 16.4 Å². The minimum absolute atomic E-state index is 0.0797. The summed E-state index contributed by atoms with van der Waals surface area (Å²) < 4.78 is 0. The van der Waals surface area contributed by atoms with Gasteiger partial charge in [0, 0.05) is 16.8 Å². The smallest absolute Gasteiger partial charge is 0.227 e. The molecule has 0 aliphatic rings. The van der Waals surface area contributed by atoms with Crippen LogP contribution in [0.1, 0.15) is 37.8 Å². The van der Waals surface area contributed by atoms with E-state index in [-0.39, 0.29) is 5.91 Å². The van der Waals surface area contributed by atoms with Crippen molar-refractivity contribution in [2.24, 2.45) is 5.73 Å². The number of nitrogens with zero attached hydrogens (tertiary/aromatic N) is 1. The number of hydrogen-bond acceptors (Lipinski definition) is 4. The standard InChI is InChI=1S/C11H19N3OS/c1-5-8-7(2)16-10(13-8)14-9(15)6-11(3,4)12/h5-6,12H2,1-4H3,(H,13,14,15). The number of anilines is 1. The maximum absolute atomic E-state index is 11.6. The van der Waals surface area contributed by atoms with E-state index in [1.807, 2.05) is 20.8 Å². The van der Waals surface area contributed by atoms with Gasteiger partial charge in [0.1, 0.15) is 0 Å². The molecule has 1 aromatic rings. The van der Waals surface area contributed by atoms with E-state index in [0.29, 0.717) is 11.6 Å². The lowest BCUT2D eigenvalue weighted by Crippen LogP contribution is -2.36. The summed E-state index contributed by atoms with van der Waals surface area (Å²) in [6.45, 7) is 7.73. The van der Waals surface area contributed by atoms with Gasteiger partial charge in [-0.25, -0.2) is 4.98 Å². The molecule has 4 nitrogen and oxygen atoms in total. The normalized spacial score (nSPS) is 11.6. The highest BCUT2D eigenvalue weighted by Gasteiger charge is 2.17. The molecule has 3 N–H and O–H groups in total. The molecule has 1 amide bonds. The summed E-state index contributed by atoms with van der Waals surface area (Å²) in [5.41, 5.74) is 6.34. The predicted molar refractivity (Wildman–Crippen MR) is 67.7 cm³/mol. The molecular weight excluding hydrogens is 222 g/mol. The molecule has 0 aliphatic heterocycles. The van der Waals surface area contributed by atoms with E-state index in [1.165, 1.54) is 11.3 Å². The van der Waals surface area contributed by atoms with Crippen molar-refractivity contribution in [2.75, 3.05) is 5.32 Å². The molecule has 0 radical (unpaired) electrons. The number of aromatic nitrogens is 1. The summed E-state index contributed by atoms with van der Waals surface area (Å²) in [5, 5.41) is 3.45. The minimum Gasteiger partial charge on any atom is -0.325 e. The monoisotopic (exact) mass is 241 g/mol. The Morgan fingerprint density at radius 2 is 2.19 bits per heavy atom. The van der Waals surface area contributed by atoms with Crippen LogP contribution in [0.2, 0.25) is 0 Å². The minimum atomic E-state index is -0.482. The molecule has 0 bridgehead atoms. The van der Waals surface area contributed by atoms with E-state index >= 15 is 0 Å². The number of carbonyl (C=O) groups excluding carboxylic acids is 1. The van der Waals surface area contributed by atoms with Crippen molar-refractivity contribution in [2.45, 2.75) is 46.1 Å². The first-order valence-corrected chi connectivity index (χ1v) is 6.18. The molecule has 0 fully saturated rings. The third-order valence-electron chi connectivity index (χ3n) is 2.09. The van der Waals surface area contributed by atoms with Crippen molar-refractivity contribution in [3.8, 4) is 0 Å². The largest absolute Gasteiger partial charge is 0.325 e. The van der Waals surface area contributed by atoms with Gasteiger partial charge in [0.2, 0.25) is 5.91 Å². The number of aryl methyl sites for hydroxylation is 2. The molecule has 0 unspecified atom stereocenters. The molecule has 90 valence electrons. The Hall–Kier alpha value is -0.940. The number of amides is 1. The Morgan fingerprint density at radius 1 is 1.56 bits per heavy atom. The second kappa shape index (κ2) is 4.93. The van der Waals surface area contributed by atoms with Crippen molar-refractivity contribution >= 4 is 22.4 Å². The highest BCUT2D eigenvalue weighted by Crippen LogP contribution is 2.22.